The summed E-state index contributed by atoms with van der Waals surface area (Å²) < 4.78 is 7.87. The van der Waals surface area contributed by atoms with Crippen LogP contribution in [0.1, 0.15) is 43.1 Å². The molecule has 1 aliphatic carbocycles. The SMILES string of the molecule is CC1(C)Cc2c(cnn2-c2ccccc2)C(NC(=O)CN2CCOc3ccccc3C2)C1. The zero-order valence-electron chi connectivity index (χ0n) is 18.8. The van der Waals surface area contributed by atoms with Crippen LogP contribution >= 0.6 is 0 Å². The van der Waals surface area contributed by atoms with Gasteiger partial charge >= 0.3 is 0 Å². The maximum atomic E-state index is 13.1. The number of hydrogen-bond acceptors (Lipinski definition) is 4. The number of nitrogens with zero attached hydrogens (tertiary/aromatic N) is 3. The molecule has 5 rings (SSSR count). The van der Waals surface area contributed by atoms with E-state index in [1.54, 1.807) is 0 Å². The molecule has 3 aromatic rings. The van der Waals surface area contributed by atoms with E-state index in [2.05, 4.69) is 47.4 Å². The van der Waals surface area contributed by atoms with Gasteiger partial charge in [-0.3, -0.25) is 9.69 Å². The lowest BCUT2D eigenvalue weighted by Gasteiger charge is -2.36. The average Bonchev–Trinajstić information content (AvgIpc) is 3.07. The van der Waals surface area contributed by atoms with Gasteiger partial charge in [0.15, 0.2) is 0 Å². The van der Waals surface area contributed by atoms with Gasteiger partial charge in [-0.05, 0) is 36.5 Å². The molecule has 1 aliphatic heterocycles. The topological polar surface area (TPSA) is 59.4 Å². The van der Waals surface area contributed by atoms with Gasteiger partial charge in [0.05, 0.1) is 30.2 Å². The van der Waals surface area contributed by atoms with E-state index in [9.17, 15) is 4.79 Å². The predicted molar refractivity (Wildman–Crippen MR) is 124 cm³/mol. The highest BCUT2D eigenvalue weighted by Gasteiger charge is 2.36. The van der Waals surface area contributed by atoms with E-state index < -0.39 is 0 Å². The number of fused-ring (bicyclic) bond motifs is 2. The Morgan fingerprint density at radius 3 is 2.78 bits per heavy atom. The van der Waals surface area contributed by atoms with Crippen molar-refractivity contribution in [1.82, 2.24) is 20.0 Å². The van der Waals surface area contributed by atoms with Gasteiger partial charge in [-0.1, -0.05) is 50.2 Å². The van der Waals surface area contributed by atoms with Crippen LogP contribution in [0.5, 0.6) is 5.75 Å². The molecule has 1 amide bonds. The number of aromatic nitrogens is 2. The van der Waals surface area contributed by atoms with Crippen LogP contribution in [-0.4, -0.2) is 40.3 Å². The fourth-order valence-electron chi connectivity index (χ4n) is 4.92. The number of benzene rings is 2. The average molecular weight is 431 g/mol. The summed E-state index contributed by atoms with van der Waals surface area (Å²) in [7, 11) is 0. The van der Waals surface area contributed by atoms with Crippen molar-refractivity contribution in [2.45, 2.75) is 39.3 Å². The maximum Gasteiger partial charge on any atom is 0.234 e. The summed E-state index contributed by atoms with van der Waals surface area (Å²) in [4.78, 5) is 15.2. The fourth-order valence-corrected chi connectivity index (χ4v) is 4.92. The number of ether oxygens (including phenoxy) is 1. The number of nitrogens with one attached hydrogen (secondary N) is 1. The minimum Gasteiger partial charge on any atom is -0.492 e. The van der Waals surface area contributed by atoms with Crippen molar-refractivity contribution < 1.29 is 9.53 Å². The molecule has 1 N–H and O–H groups in total. The maximum absolute atomic E-state index is 13.1. The van der Waals surface area contributed by atoms with Crippen LogP contribution < -0.4 is 10.1 Å². The Hall–Kier alpha value is -3.12. The van der Waals surface area contributed by atoms with Crippen molar-refractivity contribution in [2.24, 2.45) is 5.41 Å². The van der Waals surface area contributed by atoms with Crippen molar-refractivity contribution in [3.8, 4) is 11.4 Å². The largest absolute Gasteiger partial charge is 0.492 e. The predicted octanol–water partition coefficient (Wildman–Crippen LogP) is 3.90. The summed E-state index contributed by atoms with van der Waals surface area (Å²) in [5, 5.41) is 8.00. The van der Waals surface area contributed by atoms with E-state index in [4.69, 9.17) is 4.74 Å². The summed E-state index contributed by atoms with van der Waals surface area (Å²) in [6.45, 7) is 6.93. The highest BCUT2D eigenvalue weighted by molar-refractivity contribution is 5.78. The molecule has 0 saturated carbocycles. The van der Waals surface area contributed by atoms with Crippen LogP contribution in [0.25, 0.3) is 5.69 Å². The lowest BCUT2D eigenvalue weighted by Crippen LogP contribution is -2.42. The van der Waals surface area contributed by atoms with Gasteiger partial charge in [0, 0.05) is 24.2 Å². The molecule has 0 saturated heterocycles. The van der Waals surface area contributed by atoms with E-state index in [0.717, 1.165) is 48.5 Å². The van der Waals surface area contributed by atoms with Crippen LogP contribution in [0.4, 0.5) is 0 Å². The Balaban J connectivity index is 1.32. The van der Waals surface area contributed by atoms with Crippen LogP contribution in [0.2, 0.25) is 0 Å². The summed E-state index contributed by atoms with van der Waals surface area (Å²) in [5.74, 6) is 0.966. The van der Waals surface area contributed by atoms with Gasteiger partial charge in [-0.2, -0.15) is 5.10 Å². The van der Waals surface area contributed by atoms with Gasteiger partial charge in [0.1, 0.15) is 12.4 Å². The van der Waals surface area contributed by atoms with Crippen molar-refractivity contribution in [3.05, 3.63) is 77.6 Å². The summed E-state index contributed by atoms with van der Waals surface area (Å²) >= 11 is 0. The Labute approximate surface area is 189 Å². The smallest absolute Gasteiger partial charge is 0.234 e. The van der Waals surface area contributed by atoms with E-state index in [-0.39, 0.29) is 17.4 Å². The molecule has 6 heteroatoms. The Morgan fingerprint density at radius 2 is 1.94 bits per heavy atom. The van der Waals surface area contributed by atoms with Crippen LogP contribution in [0.15, 0.2) is 60.8 Å². The van der Waals surface area contributed by atoms with Crippen LogP contribution in [0, 0.1) is 5.41 Å². The Morgan fingerprint density at radius 1 is 1.16 bits per heavy atom. The number of hydrogen-bond donors (Lipinski definition) is 1. The Bertz CT molecular complexity index is 1110. The standard InChI is InChI=1S/C26H30N4O2/c1-26(2)14-22(21-16-27-30(23(21)15-26)20-9-4-3-5-10-20)28-25(31)18-29-12-13-32-24-11-7-6-8-19(24)17-29/h3-11,16,22H,12-15,17-18H2,1-2H3,(H,28,31). The lowest BCUT2D eigenvalue weighted by molar-refractivity contribution is -0.123. The minimum atomic E-state index is -0.0331. The third kappa shape index (κ3) is 4.28. The zero-order valence-corrected chi connectivity index (χ0v) is 18.8. The molecule has 166 valence electrons. The first kappa shape index (κ1) is 20.8. The van der Waals surface area contributed by atoms with Crippen LogP contribution in [-0.2, 0) is 17.8 Å². The molecule has 2 aromatic carbocycles. The van der Waals surface area contributed by atoms with E-state index in [0.29, 0.717) is 13.2 Å². The van der Waals surface area contributed by atoms with Gasteiger partial charge < -0.3 is 10.1 Å². The summed E-state index contributed by atoms with van der Waals surface area (Å²) in [5.41, 5.74) is 4.58. The molecule has 0 spiro atoms. The number of para-hydroxylation sites is 2. The molecule has 1 atom stereocenters. The summed E-state index contributed by atoms with van der Waals surface area (Å²) in [6.07, 6.45) is 3.76. The molecule has 1 unspecified atom stereocenters. The summed E-state index contributed by atoms with van der Waals surface area (Å²) in [6, 6.07) is 18.2. The number of amides is 1. The first-order chi connectivity index (χ1) is 15.5. The number of rotatable bonds is 4. The third-order valence-corrected chi connectivity index (χ3v) is 6.41. The second-order valence-electron chi connectivity index (χ2n) is 9.63. The van der Waals surface area contributed by atoms with Crippen molar-refractivity contribution in [2.75, 3.05) is 19.7 Å². The highest BCUT2D eigenvalue weighted by atomic mass is 16.5. The van der Waals surface area contributed by atoms with Crippen molar-refractivity contribution >= 4 is 5.91 Å². The quantitative estimate of drug-likeness (QED) is 0.682. The molecule has 0 radical (unpaired) electrons. The van der Waals surface area contributed by atoms with E-state index in [1.165, 1.54) is 5.69 Å². The second kappa shape index (κ2) is 8.43. The van der Waals surface area contributed by atoms with E-state index in [1.807, 2.05) is 47.3 Å². The zero-order chi connectivity index (χ0) is 22.1. The molecule has 2 aliphatic rings. The van der Waals surface area contributed by atoms with Crippen molar-refractivity contribution in [3.63, 3.8) is 0 Å². The number of carbonyl (C=O) groups is 1. The fraction of sp³-hybridized carbons (Fsp3) is 0.385. The second-order valence-corrected chi connectivity index (χ2v) is 9.63. The molecule has 1 aromatic heterocycles. The van der Waals surface area contributed by atoms with Crippen LogP contribution in [0.3, 0.4) is 0 Å². The molecular weight excluding hydrogens is 400 g/mol. The normalized spacial score (nSPS) is 19.9. The monoisotopic (exact) mass is 430 g/mol. The highest BCUT2D eigenvalue weighted by Crippen LogP contribution is 2.41. The van der Waals surface area contributed by atoms with Gasteiger partial charge in [-0.15, -0.1) is 0 Å². The third-order valence-electron chi connectivity index (χ3n) is 6.41. The Kier molecular flexibility index (Phi) is 5.47. The molecule has 0 fully saturated rings. The molecule has 2 heterocycles. The molecule has 32 heavy (non-hydrogen) atoms. The first-order valence-electron chi connectivity index (χ1n) is 11.3. The van der Waals surface area contributed by atoms with Gasteiger partial charge in [-0.25, -0.2) is 4.68 Å². The minimum absolute atomic E-state index is 0.0331. The molecular formula is C26H30N4O2. The lowest BCUT2D eigenvalue weighted by atomic mass is 9.74. The van der Waals surface area contributed by atoms with Gasteiger partial charge in [0.25, 0.3) is 0 Å². The number of carbonyl (C=O) groups excluding carboxylic acids is 1. The molecule has 6 nitrogen and oxygen atoms in total. The van der Waals surface area contributed by atoms with Crippen molar-refractivity contribution in [1.29, 1.82) is 0 Å². The molecule has 0 bridgehead atoms. The van der Waals surface area contributed by atoms with E-state index >= 15 is 0 Å². The van der Waals surface area contributed by atoms with Gasteiger partial charge in [0.2, 0.25) is 5.91 Å². The first-order valence-corrected chi connectivity index (χ1v) is 11.3.